The number of ketones is 2. The quantitative estimate of drug-likeness (QED) is 0.00950. The Morgan fingerprint density at radius 3 is 1.36 bits per heavy atom. The maximum absolute atomic E-state index is 14.4. The van der Waals surface area contributed by atoms with Gasteiger partial charge in [0.2, 0.25) is 5.79 Å². The van der Waals surface area contributed by atoms with E-state index in [-0.39, 0.29) is 104 Å². The highest BCUT2D eigenvalue weighted by Crippen LogP contribution is 2.40. The predicted molar refractivity (Wildman–Crippen MR) is 517 cm³/mol. The molecule has 3 heterocycles. The highest BCUT2D eigenvalue weighted by Gasteiger charge is 2.57. The van der Waals surface area contributed by atoms with Crippen molar-refractivity contribution in [3.05, 3.63) is 35.5 Å². The number of rotatable bonds is 23. The molecule has 0 radical (unpaired) electrons. The molecular weight excluding hydrogens is 1630 g/mol. The molecule has 3 fully saturated rings. The summed E-state index contributed by atoms with van der Waals surface area (Å²) in [7, 11) is 4.57. The van der Waals surface area contributed by atoms with Crippen molar-refractivity contribution in [1.29, 1.82) is 0 Å². The van der Waals surface area contributed by atoms with Crippen LogP contribution in [0.3, 0.4) is 0 Å². The van der Waals surface area contributed by atoms with Crippen molar-refractivity contribution in [2.75, 3.05) is 27.9 Å². The first-order valence-electron chi connectivity index (χ1n) is 37.7. The molecule has 4 rings (SSSR count). The van der Waals surface area contributed by atoms with E-state index in [0.717, 1.165) is 5.57 Å². The van der Waals surface area contributed by atoms with E-state index in [1.165, 1.54) is 24.8 Å². The number of amides is 1. The molecule has 0 aromatic rings. The first-order chi connectivity index (χ1) is 61.2. The first-order valence-corrected chi connectivity index (χ1v) is 37.7. The van der Waals surface area contributed by atoms with Crippen LogP contribution in [0, 0.1) is 302 Å². The zero-order valence-corrected chi connectivity index (χ0v) is 70.0. The topological polar surface area (TPSA) is 379 Å². The number of Topliss-reactive ketones (excluding diaryl/α,β-unsaturated/α-hetero) is 2. The lowest BCUT2D eigenvalue weighted by molar-refractivity contribution is -0.816. The summed E-state index contributed by atoms with van der Waals surface area (Å²) in [6.07, 6.45) is 7.34. The number of ether oxygens (including phenoxy) is 5. The van der Waals surface area contributed by atoms with Gasteiger partial charge in [0.05, 0.1) is 30.5 Å². The Morgan fingerprint density at radius 2 is 0.952 bits per heavy atom. The third-order valence-electron chi connectivity index (χ3n) is 17.1. The Kier molecular flexibility index (Phi) is 60.5. The van der Waals surface area contributed by atoms with Gasteiger partial charge in [-0.2, -0.15) is 0 Å². The van der Waals surface area contributed by atoms with Crippen LogP contribution in [0.25, 0.3) is 0 Å². The van der Waals surface area contributed by atoms with Crippen LogP contribution < -0.4 is 5.64 Å². The molecule has 0 spiro atoms. The van der Waals surface area contributed by atoms with E-state index < -0.39 is 89.8 Å². The minimum absolute atomic E-state index is 0. The molecule has 1 saturated carbocycles. The average molecular weight is 1780 g/mol. The summed E-state index contributed by atoms with van der Waals surface area (Å²) in [5.74, 6) is 107. The minimum atomic E-state index is -2.54. The van der Waals surface area contributed by atoms with E-state index in [2.05, 4.69) is 333 Å². The van der Waals surface area contributed by atoms with Gasteiger partial charge in [-0.25, -0.2) is 15.3 Å². The molecule has 2 bridgehead atoms. The maximum Gasteiger partial charge on any atom is 0.329 e. The lowest BCUT2D eigenvalue weighted by Crippen LogP contribution is -2.64. The fourth-order valence-corrected chi connectivity index (χ4v) is 11.6. The minimum Gasteiger partial charge on any atom is -0.481 e. The van der Waals surface area contributed by atoms with Gasteiger partial charge < -0.3 is 49.0 Å². The summed E-state index contributed by atoms with van der Waals surface area (Å²) in [6.45, 7) is 12.5. The molecule has 1 aliphatic carbocycles. The number of nitrogens with zero attached hydrogens (tertiary/aromatic N) is 1. The van der Waals surface area contributed by atoms with Gasteiger partial charge in [0.1, 0.15) is 24.0 Å². The number of methoxy groups -OCH3 is 3. The van der Waals surface area contributed by atoms with Gasteiger partial charge in [-0.15, -0.1) is 0 Å². The van der Waals surface area contributed by atoms with Crippen molar-refractivity contribution in [3.8, 4) is 272 Å². The van der Waals surface area contributed by atoms with Gasteiger partial charge in [-0.3, -0.25) is 19.2 Å². The summed E-state index contributed by atoms with van der Waals surface area (Å²) < 4.78 is 29.9. The molecule has 7 N–H and O–H groups in total. The molecule has 30 heteroatoms. The van der Waals surface area contributed by atoms with Crippen LogP contribution >= 0.6 is 0 Å². The van der Waals surface area contributed by atoms with Crippen molar-refractivity contribution in [2.24, 2.45) is 29.6 Å². The van der Waals surface area contributed by atoms with Crippen LogP contribution in [0.2, 0.25) is 0 Å². The highest BCUT2D eigenvalue weighted by molar-refractivity contribution is 6.39. The Morgan fingerprint density at radius 1 is 0.540 bits per heavy atom. The number of aliphatic hydroxyl groups excluding tert-OH is 2. The van der Waals surface area contributed by atoms with E-state index >= 15 is 0 Å². The second-order valence-electron chi connectivity index (χ2n) is 25.7. The number of carboxylic acids is 1. The van der Waals surface area contributed by atoms with E-state index in [4.69, 9.17) is 39.3 Å². The smallest absolute Gasteiger partial charge is 0.329 e. The Bertz CT molecular complexity index is 5350. The normalized spacial score (nSPS) is 22.0. The number of piperidine rings is 1. The van der Waals surface area contributed by atoms with Gasteiger partial charge >= 0.3 is 11.9 Å². The summed E-state index contributed by atoms with van der Waals surface area (Å²) in [5, 5.41) is 91.3. The van der Waals surface area contributed by atoms with Gasteiger partial charge in [-0.05, 0) is 273 Å². The summed E-state index contributed by atoms with van der Waals surface area (Å²) in [4.78, 5) is 76.8. The number of aliphatic hydroxyl groups is 3. The van der Waals surface area contributed by atoms with Crippen LogP contribution in [0.5, 0.6) is 0 Å². The molecule has 3 aliphatic heterocycles. The largest absolute Gasteiger partial charge is 0.481 e. The number of nitrogens with one attached hydrogen (secondary N) is 1. The van der Waals surface area contributed by atoms with E-state index in [0.29, 0.717) is 69.8 Å². The van der Waals surface area contributed by atoms with Crippen LogP contribution in [0.1, 0.15) is 187 Å². The lowest BCUT2D eigenvalue weighted by atomic mass is 9.81. The predicted octanol–water partition coefficient (Wildman–Crippen LogP) is 13.4. The van der Waals surface area contributed by atoms with Gasteiger partial charge in [0, 0.05) is 273 Å². The fraction of sp³-hybridized carbons (Fsp3) is 0.406. The third kappa shape index (κ3) is 49.2. The molecule has 2 saturated heterocycles. The molecule has 714 valence electrons. The first kappa shape index (κ1) is 108. The van der Waals surface area contributed by atoms with Crippen molar-refractivity contribution < 1.29 is 187 Å². The second-order valence-corrected chi connectivity index (χ2v) is 25.7. The molecule has 126 heavy (non-hydrogen) atoms. The van der Waals surface area contributed by atoms with Crippen LogP contribution in [0.4, 0.5) is 0 Å². The summed E-state index contributed by atoms with van der Waals surface area (Å²) >= 11 is 0. The Hall–Kier alpha value is -14.0. The fourth-order valence-electron chi connectivity index (χ4n) is 11.6. The number of hydrogen-bond acceptors (Lipinski definition) is 28. The molecule has 0 aromatic heterocycles. The number of allylic oxidation sites excluding steroid dienone is 5. The van der Waals surface area contributed by atoms with Gasteiger partial charge in [0.25, 0.3) is 11.7 Å². The zero-order chi connectivity index (χ0) is 92.3. The molecular formula is C96H152N2O28. The van der Waals surface area contributed by atoms with Crippen LogP contribution in [-0.4, -0.2) is 148 Å². The van der Waals surface area contributed by atoms with Crippen molar-refractivity contribution in [2.45, 2.75) is 193 Å². The zero-order valence-electron chi connectivity index (χ0n) is 70.0. The Balaban J connectivity index is -0.0000000490. The number of fused-ring (bicyclic) bond motifs is 3. The monoisotopic (exact) mass is 1780 g/mol. The number of carbonyl (C=O) groups is 5. The maximum atomic E-state index is 14.4. The highest BCUT2D eigenvalue weighted by atomic mass is 17.9. The van der Waals surface area contributed by atoms with Gasteiger partial charge in [0.15, 0.2) is 0 Å². The molecule has 14 atom stereocenters. The number of aliphatic carboxylic acids is 1. The van der Waals surface area contributed by atoms with Crippen LogP contribution in [-0.2, 0) is 108 Å². The number of carbonyl (C=O) groups excluding carboxylic acids is 4. The second kappa shape index (κ2) is 70.5. The van der Waals surface area contributed by atoms with Gasteiger partial charge in [-0.1, -0.05) is 72.5 Å². The third-order valence-corrected chi connectivity index (χ3v) is 17.1. The molecule has 1 amide bonds. The molecule has 4 aliphatic rings. The number of carboxylic acid groups (broad SMARTS) is 1. The van der Waals surface area contributed by atoms with Crippen molar-refractivity contribution in [1.82, 2.24) is 10.5 Å². The number of cyclic esters (lactones) is 1. The molecule has 0 aromatic carbocycles. The summed E-state index contributed by atoms with van der Waals surface area (Å²) in [5.41, 5.74) is 2.90. The van der Waals surface area contributed by atoms with E-state index in [1.807, 2.05) is 38.2 Å². The van der Waals surface area contributed by atoms with Crippen molar-refractivity contribution in [3.63, 3.8) is 0 Å². The van der Waals surface area contributed by atoms with E-state index in [1.54, 1.807) is 41.7 Å². The Labute approximate surface area is 784 Å². The SMILES string of the molecule is CC#CC#CC#CC#CC#CC#CC#CC#CC#CC#CC#CC#CC#CC#CC#CC#CC#CC#CC#CC#CC#CC#CC#CC.CO[C@H]1C[C@@H](C)C/C(C)=C/[C@@H](C/C=C/CCCC(=O)O)C(=O)C[C@H](O)[C@@H](C)[C@@H](/C(C)=C/[C@@H]2CC[C@@H](O)[C@H](OC)C2)OC(=O)[C@@H]2CCCCN2C(=O)C(=O)[C@]2(O)O[C@H]1[C@@H](OC)C[C@H]2C.OOOOOOONOOOOOOO.[HH].[HH].[HH].[HH].[HH].[HH].[HH].[HH].[HH].[HH].[HH].[HH].[HH].[HH].[HH].[HH].[HH].[HH].[HH].[HH].[HH].[HH].[HH].[HH].[HH].[HH].[HH].[HH].[HH].[HH].[HH].[HH].[HH].[HH]. The number of unbranched alkanes of at least 4 members (excludes halogenated alkanes) is 1. The summed E-state index contributed by atoms with van der Waals surface area (Å²) in [6, 6.07) is -1.18. The average Bonchev–Trinajstić information content (AvgIpc) is 0.773. The van der Waals surface area contributed by atoms with E-state index in [9.17, 15) is 39.3 Å². The number of esters is 1. The number of hydrogen-bond donors (Lipinski definition) is 7. The van der Waals surface area contributed by atoms with Crippen LogP contribution in [0.15, 0.2) is 35.5 Å². The molecule has 0 unspecified atom stereocenters. The van der Waals surface area contributed by atoms with Crippen molar-refractivity contribution >= 4 is 29.4 Å². The lowest BCUT2D eigenvalue weighted by Gasteiger charge is -2.47. The molecule has 30 nitrogen and oxygen atoms in total. The standard InChI is InChI=1S/C48H75NO14.C48H6.H3NO14.34H2/c1-28-21-29(2)23-40(60-7)44-41(61-8)25-31(4)48(58,63-44)45(55)46(56)49-20-14-13-16-35(49)47(57)62-43(30(3)24-33-18-19-36(50)39(26-33)59-6)32(5)37(51)27-38(52)34(22-28)15-11-9-10-12-17-42(53)54;1-3-5-7-9-11-13-15-17-19-21-23-25-27-29-31-33-35-37-39-41-43-45-47-48-46-44-42-40-38-36-34-32-30-28-26-24-22-20-18-16-14-12-10-8-6-4-2;2-6-10-14-12-8-4-1-5-9-13-15-11-7-3;;;;;;;;;;;;;;;;;;;;;;;;;;;;;;;;;;/h9,11,22,24,29,31-37,39-41,43-44,50-51,58H,10,12-21,23,25-27H2,1-8H3,(H,53,54);1-2H3;1-3H;34*1H/b11-9+,28-22+,30-24+;;;;;;;;;;;;;;;;;;;;;;;;;;;;;;;;;;;;/t29-,31+,32+,33-,34+,35-,36+,37-,39+,40-,41-,43+,44+,48+;;;;;;;;;;;;;;;;;;;;;;;;;;;;;;;;;;;;/m0..................................../s1.